The maximum atomic E-state index is 12.2. The van der Waals surface area contributed by atoms with Crippen LogP contribution in [-0.2, 0) is 37.1 Å². The number of urea groups is 1. The molecule has 1 aliphatic heterocycles. The summed E-state index contributed by atoms with van der Waals surface area (Å²) in [5.74, 6) is -0.707. The summed E-state index contributed by atoms with van der Waals surface area (Å²) >= 11 is 0. The number of carbonyl (C=O) groups excluding carboxylic acids is 4. The third kappa shape index (κ3) is 37.9. The van der Waals surface area contributed by atoms with Crippen LogP contribution in [0.5, 0.6) is 0 Å². The first-order valence-electron chi connectivity index (χ1n) is 24.0. The maximum absolute atomic E-state index is 12.2. The Morgan fingerprint density at radius 3 is 1.22 bits per heavy atom. The Bertz CT molecular complexity index is 1650. The van der Waals surface area contributed by atoms with Gasteiger partial charge < -0.3 is 49.0 Å². The number of nitrogens with two attached hydrogens (primary N) is 2. The largest absolute Gasteiger partial charge is 1.00 e. The summed E-state index contributed by atoms with van der Waals surface area (Å²) < 4.78 is 5.40. The number of ether oxygens (including phenoxy) is 1. The fourth-order valence-corrected chi connectivity index (χ4v) is 8.63. The van der Waals surface area contributed by atoms with Crippen LogP contribution in [0.2, 0.25) is 0 Å². The fourth-order valence-electron chi connectivity index (χ4n) is 8.63. The molecule has 9 N–H and O–H groups in total. The normalized spacial score (nSPS) is 17.7. The molecule has 2 aromatic carbocycles. The summed E-state index contributed by atoms with van der Waals surface area (Å²) in [4.78, 5) is 56.6. The quantitative estimate of drug-likeness (QED) is 0.0730. The Labute approximate surface area is 522 Å². The van der Waals surface area contributed by atoms with Crippen LogP contribution < -0.4 is 103 Å². The van der Waals surface area contributed by atoms with Gasteiger partial charge in [0.25, 0.3) is 5.91 Å². The van der Waals surface area contributed by atoms with Gasteiger partial charge in [0.15, 0.2) is 0 Å². The number of aliphatic carboxylic acids is 1. The zero-order valence-corrected chi connectivity index (χ0v) is 47.2. The molecule has 0 unspecified atom stereocenters. The number of ketones is 1. The van der Waals surface area contributed by atoms with E-state index in [-0.39, 0.29) is 168 Å². The molecular formula is C57H104ClKN5NaO9. The number of hydrogen-bond acceptors (Lipinski definition) is 11. The van der Waals surface area contributed by atoms with Crippen LogP contribution in [0.15, 0.2) is 60.7 Å². The minimum absolute atomic E-state index is 0. The first kappa shape index (κ1) is 91.7. The van der Waals surface area contributed by atoms with Crippen molar-refractivity contribution in [1.29, 1.82) is 5.26 Å². The van der Waals surface area contributed by atoms with Gasteiger partial charge >= 0.3 is 98.9 Å². The number of nitrogens with zero attached hydrogens (tertiary/aromatic N) is 1. The summed E-state index contributed by atoms with van der Waals surface area (Å²) in [5.41, 5.74) is 11.7. The monoisotopic (exact) mass is 1100 g/mol. The standard InChI is InChI=1S/C16H23NO2.C10H16N2O2.C9H17NO2.C8H14O.C7H8O.CN.6CH4.ClH.K.Na.H2O/c17-16(11-7-2-1-3-8-12-16)15(18)19-13-14-9-5-4-6-10-14;13-8-10(12-9(14)11-8)6-4-2-1-3-5-7-10;10-9(8(11)12)6-4-2-1-3-5-7-9;9-8-6-4-2-1-3-5-7-8;8-6-7-4-2-1-3-5-7;1-2;;;;;;;;;;/h4-6,9-10H,1-3,7-8,11-13,17H2;1-7H2,(H2,11,12,13,14);1-7,10H2,(H,11,12);1-7H2;1-5,8H,6H2;;6*1H4;1H;;;1H2/q;;;;;-1;;;;;;;;2*+1;/p-1. The van der Waals surface area contributed by atoms with Crippen molar-refractivity contribution in [3.63, 3.8) is 0 Å². The number of carboxylic acids is 1. The topological polar surface area (TPSA) is 265 Å². The number of hydrogen-bond donors (Lipinski definition) is 6. The molecule has 2 aromatic rings. The molecule has 5 fully saturated rings. The number of Topliss-reactive ketones (excluding diaryl/α,β-unsaturated/α-hetero) is 1. The van der Waals surface area contributed by atoms with Gasteiger partial charge in [-0.15, -0.1) is 12.4 Å². The van der Waals surface area contributed by atoms with Crippen LogP contribution in [0.1, 0.15) is 235 Å². The number of imide groups is 1. The summed E-state index contributed by atoms with van der Waals surface area (Å²) in [6, 6.07) is 18.9. The molecule has 3 amide bonds. The SMILES string of the molecule is C.C.C.C.C.C.Cl.NC1(C(=O)O)CCCCCCC1.NC1(C(=O)OCc2ccccc2)CCCCCCC1.O=C1CCCCCCC1.O=C1NC(=O)C2(CCCCCCC2)N1.OCc1ccccc1.[C-]#N.[K+].[Na+].[OH-]. The van der Waals surface area contributed by atoms with Crippen LogP contribution in [0.4, 0.5) is 4.79 Å². The average molecular weight is 1100 g/mol. The smallest absolute Gasteiger partial charge is 0.870 e. The van der Waals surface area contributed by atoms with Crippen molar-refractivity contribution in [2.24, 2.45) is 11.5 Å². The summed E-state index contributed by atoms with van der Waals surface area (Å²) in [6.07, 6.45) is 29.0. The van der Waals surface area contributed by atoms with E-state index in [2.05, 4.69) is 10.6 Å². The van der Waals surface area contributed by atoms with Gasteiger partial charge in [0.1, 0.15) is 29.0 Å². The Balaban J connectivity index is -0.000000100. The molecule has 74 heavy (non-hydrogen) atoms. The fraction of sp³-hybridized carbons (Fsp3) is 0.684. The van der Waals surface area contributed by atoms with E-state index in [9.17, 15) is 24.0 Å². The van der Waals surface area contributed by atoms with Gasteiger partial charge in [0.2, 0.25) is 0 Å². The Morgan fingerprint density at radius 1 is 0.568 bits per heavy atom. The van der Waals surface area contributed by atoms with Crippen LogP contribution >= 0.6 is 12.4 Å². The number of carboxylic acid groups (broad SMARTS) is 1. The molecule has 0 atom stereocenters. The third-order valence-electron chi connectivity index (χ3n) is 12.7. The van der Waals surface area contributed by atoms with E-state index in [1.54, 1.807) is 0 Å². The molecule has 4 aliphatic carbocycles. The van der Waals surface area contributed by atoms with E-state index in [0.29, 0.717) is 25.2 Å². The zero-order chi connectivity index (χ0) is 46.9. The molecule has 0 bridgehead atoms. The van der Waals surface area contributed by atoms with Gasteiger partial charge in [-0.2, -0.15) is 0 Å². The second-order valence-electron chi connectivity index (χ2n) is 17.9. The molecule has 420 valence electrons. The Morgan fingerprint density at radius 2 is 0.892 bits per heavy atom. The van der Waals surface area contributed by atoms with E-state index < -0.39 is 22.6 Å². The van der Waals surface area contributed by atoms with E-state index in [4.69, 9.17) is 38.3 Å². The van der Waals surface area contributed by atoms with Crippen molar-refractivity contribution in [2.45, 2.75) is 254 Å². The number of aliphatic hydroxyl groups is 1. The predicted molar refractivity (Wildman–Crippen MR) is 298 cm³/mol. The average Bonchev–Trinajstić information content (AvgIpc) is 3.56. The molecule has 0 aromatic heterocycles. The van der Waals surface area contributed by atoms with Gasteiger partial charge in [0.05, 0.1) is 6.61 Å². The molecule has 1 heterocycles. The van der Waals surface area contributed by atoms with Gasteiger partial charge in [-0.3, -0.25) is 24.5 Å². The van der Waals surface area contributed by atoms with Gasteiger partial charge in [-0.25, -0.2) is 4.79 Å². The molecule has 5 aliphatic rings. The second-order valence-corrected chi connectivity index (χ2v) is 17.9. The number of aliphatic hydroxyl groups excluding tert-OH is 1. The third-order valence-corrected chi connectivity index (χ3v) is 12.7. The molecular weight excluding hydrogens is 996 g/mol. The zero-order valence-electron chi connectivity index (χ0n) is 41.3. The molecule has 7 rings (SSSR count). The van der Waals surface area contributed by atoms with Crippen molar-refractivity contribution in [1.82, 2.24) is 10.6 Å². The summed E-state index contributed by atoms with van der Waals surface area (Å²) in [5, 5.41) is 28.8. The molecule has 17 heteroatoms. The Kier molecular flexibility index (Phi) is 67.6. The summed E-state index contributed by atoms with van der Waals surface area (Å²) in [6.45, 7) is 5.21. The van der Waals surface area contributed by atoms with Gasteiger partial charge in [-0.1, -0.05) is 221 Å². The van der Waals surface area contributed by atoms with Crippen LogP contribution in [-0.4, -0.2) is 62.0 Å². The van der Waals surface area contributed by atoms with Crippen molar-refractivity contribution in [3.8, 4) is 0 Å². The number of amides is 3. The van der Waals surface area contributed by atoms with E-state index in [1.165, 1.54) is 64.2 Å². The van der Waals surface area contributed by atoms with Crippen molar-refractivity contribution in [3.05, 3.63) is 78.4 Å². The minimum atomic E-state index is -0.930. The first-order valence-corrected chi connectivity index (χ1v) is 24.0. The number of benzene rings is 2. The molecule has 1 saturated heterocycles. The number of halogens is 1. The van der Waals surface area contributed by atoms with Crippen LogP contribution in [0, 0.1) is 11.8 Å². The van der Waals surface area contributed by atoms with Crippen LogP contribution in [0.25, 0.3) is 0 Å². The van der Waals surface area contributed by atoms with E-state index in [0.717, 1.165) is 114 Å². The van der Waals surface area contributed by atoms with Crippen LogP contribution in [0.3, 0.4) is 0 Å². The van der Waals surface area contributed by atoms with Gasteiger partial charge in [0, 0.05) is 12.8 Å². The van der Waals surface area contributed by atoms with Gasteiger partial charge in [-0.05, 0) is 62.5 Å². The maximum Gasteiger partial charge on any atom is 1.00 e. The molecule has 0 radical (unpaired) electrons. The number of carbonyl (C=O) groups is 5. The second kappa shape index (κ2) is 54.6. The summed E-state index contributed by atoms with van der Waals surface area (Å²) in [7, 11) is 0. The molecule has 14 nitrogen and oxygen atoms in total. The number of nitrogens with one attached hydrogen (secondary N) is 2. The predicted octanol–water partition coefficient (Wildman–Crippen LogP) is 7.64. The molecule has 4 saturated carbocycles. The number of rotatable bonds is 5. The van der Waals surface area contributed by atoms with E-state index in [1.807, 2.05) is 60.7 Å². The minimum Gasteiger partial charge on any atom is -0.870 e. The number of esters is 1. The van der Waals surface area contributed by atoms with Crippen molar-refractivity contribution < 1.29 is 125 Å². The van der Waals surface area contributed by atoms with Crippen molar-refractivity contribution >= 4 is 42.1 Å². The molecule has 1 spiro atoms. The van der Waals surface area contributed by atoms with E-state index >= 15 is 0 Å². The Hall–Kier alpha value is -1.75. The first-order chi connectivity index (χ1) is 30.9. The van der Waals surface area contributed by atoms with Crippen molar-refractivity contribution in [2.75, 3.05) is 0 Å².